The molecule has 0 fully saturated rings. The fourth-order valence-corrected chi connectivity index (χ4v) is 2.42. The fourth-order valence-electron chi connectivity index (χ4n) is 2.42. The molecular formula is C19H18N4O2. The molecule has 0 bridgehead atoms. The molecule has 0 radical (unpaired) electrons. The van der Waals surface area contributed by atoms with Crippen LogP contribution in [0.1, 0.15) is 17.0 Å². The summed E-state index contributed by atoms with van der Waals surface area (Å²) in [4.78, 5) is 7.23. The second-order valence-corrected chi connectivity index (χ2v) is 5.53. The van der Waals surface area contributed by atoms with Crippen molar-refractivity contribution in [3.8, 4) is 17.2 Å². The van der Waals surface area contributed by atoms with Crippen molar-refractivity contribution in [1.29, 1.82) is 0 Å². The van der Waals surface area contributed by atoms with Crippen molar-refractivity contribution < 1.29 is 9.15 Å². The van der Waals surface area contributed by atoms with Crippen LogP contribution in [0.5, 0.6) is 5.75 Å². The van der Waals surface area contributed by atoms with Crippen molar-refractivity contribution in [1.82, 2.24) is 4.98 Å². The van der Waals surface area contributed by atoms with Gasteiger partial charge in [-0.1, -0.05) is 35.4 Å². The van der Waals surface area contributed by atoms with Crippen LogP contribution in [0, 0.1) is 6.92 Å². The molecule has 0 saturated carbocycles. The lowest BCUT2D eigenvalue weighted by Gasteiger charge is -2.06. The number of oxazole rings is 1. The van der Waals surface area contributed by atoms with E-state index in [4.69, 9.17) is 14.7 Å². The Bertz CT molecular complexity index is 866. The van der Waals surface area contributed by atoms with E-state index in [1.54, 1.807) is 0 Å². The van der Waals surface area contributed by atoms with Gasteiger partial charge in [0.1, 0.15) is 18.1 Å². The second kappa shape index (κ2) is 8.04. The fraction of sp³-hybridized carbons (Fsp3) is 0.211. The number of azide groups is 1. The predicted octanol–water partition coefficient (Wildman–Crippen LogP) is 5.08. The monoisotopic (exact) mass is 334 g/mol. The highest BCUT2D eigenvalue weighted by atomic mass is 16.5. The van der Waals surface area contributed by atoms with Gasteiger partial charge in [0.25, 0.3) is 0 Å². The lowest BCUT2D eigenvalue weighted by molar-refractivity contribution is 0.306. The first-order valence-electron chi connectivity index (χ1n) is 8.00. The lowest BCUT2D eigenvalue weighted by Crippen LogP contribution is -1.94. The summed E-state index contributed by atoms with van der Waals surface area (Å²) in [6, 6.07) is 17.7. The molecule has 6 nitrogen and oxygen atoms in total. The van der Waals surface area contributed by atoms with E-state index < -0.39 is 0 Å². The van der Waals surface area contributed by atoms with E-state index in [1.165, 1.54) is 0 Å². The Morgan fingerprint density at radius 2 is 1.88 bits per heavy atom. The summed E-state index contributed by atoms with van der Waals surface area (Å²) in [5, 5.41) is 3.53. The van der Waals surface area contributed by atoms with Crippen LogP contribution in [0.2, 0.25) is 0 Å². The van der Waals surface area contributed by atoms with Crippen molar-refractivity contribution in [3.63, 3.8) is 0 Å². The summed E-state index contributed by atoms with van der Waals surface area (Å²) in [6.07, 6.45) is 0.567. The molecular weight excluding hydrogens is 316 g/mol. The highest BCUT2D eigenvalue weighted by molar-refractivity contribution is 5.55. The van der Waals surface area contributed by atoms with E-state index >= 15 is 0 Å². The van der Waals surface area contributed by atoms with Crippen molar-refractivity contribution in [2.24, 2.45) is 5.11 Å². The number of nitrogens with zero attached hydrogens (tertiary/aromatic N) is 4. The van der Waals surface area contributed by atoms with Crippen molar-refractivity contribution in [2.75, 3.05) is 6.54 Å². The normalized spacial score (nSPS) is 10.3. The standard InChI is InChI=1S/C19H18N4O2/c1-14-18(11-12-21-23-20)22-19(25-14)16-7-9-17(10-8-16)24-13-15-5-3-2-4-6-15/h2-10H,11-13H2,1H3. The third-order valence-corrected chi connectivity index (χ3v) is 3.75. The summed E-state index contributed by atoms with van der Waals surface area (Å²) in [7, 11) is 0. The Hall–Kier alpha value is -3.24. The molecule has 1 aromatic heterocycles. The van der Waals surface area contributed by atoms with Gasteiger partial charge in [0.05, 0.1) is 5.69 Å². The zero-order valence-corrected chi connectivity index (χ0v) is 13.9. The quantitative estimate of drug-likeness (QED) is 0.343. The van der Waals surface area contributed by atoms with Crippen LogP contribution < -0.4 is 4.74 Å². The molecule has 0 saturated heterocycles. The average Bonchev–Trinajstić information content (AvgIpc) is 3.02. The minimum Gasteiger partial charge on any atom is -0.489 e. The lowest BCUT2D eigenvalue weighted by atomic mass is 10.2. The highest BCUT2D eigenvalue weighted by Gasteiger charge is 2.11. The second-order valence-electron chi connectivity index (χ2n) is 5.53. The molecule has 0 aliphatic rings. The van der Waals surface area contributed by atoms with Crippen molar-refractivity contribution >= 4 is 0 Å². The molecule has 6 heteroatoms. The Balaban J connectivity index is 1.65. The number of rotatable bonds is 7. The summed E-state index contributed by atoms with van der Waals surface area (Å²) in [5.41, 5.74) is 11.2. The minimum absolute atomic E-state index is 0.371. The van der Waals surface area contributed by atoms with Crippen LogP contribution in [0.25, 0.3) is 21.9 Å². The maximum atomic E-state index is 8.34. The summed E-state index contributed by atoms with van der Waals surface area (Å²) < 4.78 is 11.5. The Kier molecular flexibility index (Phi) is 5.34. The van der Waals surface area contributed by atoms with Crippen LogP contribution in [0.4, 0.5) is 0 Å². The first-order valence-corrected chi connectivity index (χ1v) is 8.00. The van der Waals surface area contributed by atoms with E-state index in [9.17, 15) is 0 Å². The van der Waals surface area contributed by atoms with Gasteiger partial charge in [-0.05, 0) is 48.7 Å². The van der Waals surface area contributed by atoms with Crippen LogP contribution >= 0.6 is 0 Å². The van der Waals surface area contributed by atoms with Gasteiger partial charge in [-0.3, -0.25) is 0 Å². The third kappa shape index (κ3) is 4.40. The van der Waals surface area contributed by atoms with Crippen molar-refractivity contribution in [3.05, 3.63) is 82.1 Å². The van der Waals surface area contributed by atoms with Gasteiger partial charge in [0, 0.05) is 17.0 Å². The van der Waals surface area contributed by atoms with E-state index in [2.05, 4.69) is 15.0 Å². The molecule has 25 heavy (non-hydrogen) atoms. The molecule has 3 rings (SSSR count). The maximum Gasteiger partial charge on any atom is 0.226 e. The van der Waals surface area contributed by atoms with E-state index in [-0.39, 0.29) is 0 Å². The zero-order chi connectivity index (χ0) is 17.5. The van der Waals surface area contributed by atoms with Gasteiger partial charge >= 0.3 is 0 Å². The number of hydrogen-bond donors (Lipinski definition) is 0. The Labute approximate surface area is 145 Å². The van der Waals surface area contributed by atoms with Crippen LogP contribution in [0.3, 0.4) is 0 Å². The van der Waals surface area contributed by atoms with E-state index in [1.807, 2.05) is 61.5 Å². The topological polar surface area (TPSA) is 84.0 Å². The van der Waals surface area contributed by atoms with E-state index in [0.717, 1.165) is 28.3 Å². The highest BCUT2D eigenvalue weighted by Crippen LogP contribution is 2.24. The van der Waals surface area contributed by atoms with Crippen LogP contribution in [0.15, 0.2) is 64.1 Å². The van der Waals surface area contributed by atoms with Crippen LogP contribution in [-0.2, 0) is 13.0 Å². The Morgan fingerprint density at radius 3 is 2.60 bits per heavy atom. The van der Waals surface area contributed by atoms with E-state index in [0.29, 0.717) is 25.5 Å². The van der Waals surface area contributed by atoms with Gasteiger partial charge < -0.3 is 9.15 Å². The first kappa shape index (κ1) is 16.6. The molecule has 0 atom stereocenters. The van der Waals surface area contributed by atoms with Gasteiger partial charge in [-0.2, -0.15) is 0 Å². The minimum atomic E-state index is 0.371. The number of benzene rings is 2. The molecule has 126 valence electrons. The molecule has 0 N–H and O–H groups in total. The summed E-state index contributed by atoms with van der Waals surface area (Å²) in [5.74, 6) is 2.09. The number of aryl methyl sites for hydroxylation is 1. The average molecular weight is 334 g/mol. The number of hydrogen-bond acceptors (Lipinski definition) is 4. The third-order valence-electron chi connectivity index (χ3n) is 3.75. The molecule has 1 heterocycles. The zero-order valence-electron chi connectivity index (χ0n) is 13.9. The number of ether oxygens (including phenoxy) is 1. The molecule has 3 aromatic rings. The van der Waals surface area contributed by atoms with Gasteiger partial charge in [-0.25, -0.2) is 4.98 Å². The molecule has 0 spiro atoms. The van der Waals surface area contributed by atoms with Gasteiger partial charge in [0.2, 0.25) is 5.89 Å². The van der Waals surface area contributed by atoms with Gasteiger partial charge in [-0.15, -0.1) is 0 Å². The summed E-state index contributed by atoms with van der Waals surface area (Å²) >= 11 is 0. The first-order chi connectivity index (χ1) is 12.3. The van der Waals surface area contributed by atoms with Crippen molar-refractivity contribution in [2.45, 2.75) is 20.0 Å². The van der Waals surface area contributed by atoms with Crippen LogP contribution in [-0.4, -0.2) is 11.5 Å². The smallest absolute Gasteiger partial charge is 0.226 e. The molecule has 0 amide bonds. The molecule has 0 unspecified atom stereocenters. The molecule has 2 aromatic carbocycles. The largest absolute Gasteiger partial charge is 0.489 e. The SMILES string of the molecule is Cc1oc(-c2ccc(OCc3ccccc3)cc2)nc1CCN=[N+]=[N-]. The molecule has 0 aliphatic carbocycles. The maximum absolute atomic E-state index is 8.34. The summed E-state index contributed by atoms with van der Waals surface area (Å²) in [6.45, 7) is 2.76. The predicted molar refractivity (Wildman–Crippen MR) is 95.2 cm³/mol. The van der Waals surface area contributed by atoms with Gasteiger partial charge in [0.15, 0.2) is 0 Å². The number of aromatic nitrogens is 1. The Morgan fingerprint density at radius 1 is 1.12 bits per heavy atom. The molecule has 0 aliphatic heterocycles.